The fraction of sp³-hybridized carbons (Fsp3) is 0.571. The van der Waals surface area contributed by atoms with E-state index in [1.807, 2.05) is 6.07 Å². The second kappa shape index (κ2) is 3.77. The molecule has 86 valence electrons. The first kappa shape index (κ1) is 10.2. The number of hydrogen-bond donors (Lipinski definition) is 1. The minimum Gasteiger partial charge on any atom is -0.399 e. The zero-order valence-electron chi connectivity index (χ0n) is 9.95. The first-order valence-electron chi connectivity index (χ1n) is 6.33. The van der Waals surface area contributed by atoms with Crippen LogP contribution in [0.25, 0.3) is 0 Å². The molecule has 1 atom stereocenters. The first-order valence-corrected chi connectivity index (χ1v) is 6.33. The number of fused-ring (bicyclic) bond motifs is 1. The Morgan fingerprint density at radius 3 is 2.81 bits per heavy atom. The van der Waals surface area contributed by atoms with E-state index in [1.54, 1.807) is 0 Å². The van der Waals surface area contributed by atoms with Crippen LogP contribution in [0.5, 0.6) is 0 Å². The predicted molar refractivity (Wildman–Crippen MR) is 66.9 cm³/mol. The van der Waals surface area contributed by atoms with Crippen molar-refractivity contribution in [2.45, 2.75) is 45.3 Å². The third-order valence-corrected chi connectivity index (χ3v) is 3.97. The summed E-state index contributed by atoms with van der Waals surface area (Å²) in [5.41, 5.74) is 9.63. The van der Waals surface area contributed by atoms with Gasteiger partial charge in [-0.25, -0.2) is 0 Å². The highest BCUT2D eigenvalue weighted by Crippen LogP contribution is 2.36. The second-order valence-electron chi connectivity index (χ2n) is 5.46. The lowest BCUT2D eigenvalue weighted by atomic mass is 10.1. The summed E-state index contributed by atoms with van der Waals surface area (Å²) in [4.78, 5) is 2.59. The summed E-state index contributed by atoms with van der Waals surface area (Å²) in [7, 11) is 0. The van der Waals surface area contributed by atoms with E-state index in [9.17, 15) is 0 Å². The van der Waals surface area contributed by atoms with Crippen molar-refractivity contribution in [2.75, 3.05) is 5.73 Å². The van der Waals surface area contributed by atoms with E-state index < -0.39 is 0 Å². The molecule has 1 heterocycles. The number of benzene rings is 1. The van der Waals surface area contributed by atoms with Gasteiger partial charge in [0.15, 0.2) is 0 Å². The van der Waals surface area contributed by atoms with Gasteiger partial charge in [0.2, 0.25) is 0 Å². The molecule has 3 rings (SSSR count). The van der Waals surface area contributed by atoms with Crippen LogP contribution in [0.2, 0.25) is 0 Å². The Labute approximate surface area is 97.4 Å². The number of nitrogen functional groups attached to an aromatic ring is 1. The number of anilines is 1. The molecule has 2 N–H and O–H groups in total. The van der Waals surface area contributed by atoms with Gasteiger partial charge in [-0.05, 0) is 42.5 Å². The van der Waals surface area contributed by atoms with E-state index in [0.29, 0.717) is 0 Å². The molecule has 2 heteroatoms. The summed E-state index contributed by atoms with van der Waals surface area (Å²) >= 11 is 0. The largest absolute Gasteiger partial charge is 0.399 e. The Bertz CT molecular complexity index is 396. The van der Waals surface area contributed by atoms with E-state index in [0.717, 1.165) is 30.7 Å². The third kappa shape index (κ3) is 1.94. The molecule has 1 fully saturated rings. The predicted octanol–water partition coefficient (Wildman–Crippen LogP) is 2.77. The SMILES string of the molecule is CC(CC1CC1)N1Cc2ccc(N)cc2C1. The highest BCUT2D eigenvalue weighted by Gasteiger charge is 2.29. The highest BCUT2D eigenvalue weighted by molar-refractivity contribution is 5.46. The van der Waals surface area contributed by atoms with Gasteiger partial charge in [0.25, 0.3) is 0 Å². The topological polar surface area (TPSA) is 29.3 Å². The number of hydrogen-bond acceptors (Lipinski definition) is 2. The van der Waals surface area contributed by atoms with Crippen LogP contribution in [0.15, 0.2) is 18.2 Å². The van der Waals surface area contributed by atoms with Gasteiger partial charge in [0.05, 0.1) is 0 Å². The Balaban J connectivity index is 1.69. The van der Waals surface area contributed by atoms with Gasteiger partial charge in [-0.3, -0.25) is 4.90 Å². The van der Waals surface area contributed by atoms with Gasteiger partial charge in [0.1, 0.15) is 0 Å². The van der Waals surface area contributed by atoms with E-state index in [-0.39, 0.29) is 0 Å². The van der Waals surface area contributed by atoms with Crippen molar-refractivity contribution >= 4 is 5.69 Å². The zero-order chi connectivity index (χ0) is 11.1. The molecule has 0 amide bonds. The average molecular weight is 216 g/mol. The van der Waals surface area contributed by atoms with Crippen LogP contribution in [0.1, 0.15) is 37.3 Å². The van der Waals surface area contributed by atoms with Crippen molar-refractivity contribution in [1.29, 1.82) is 0 Å². The smallest absolute Gasteiger partial charge is 0.0317 e. The lowest BCUT2D eigenvalue weighted by molar-refractivity contribution is 0.197. The van der Waals surface area contributed by atoms with E-state index >= 15 is 0 Å². The summed E-state index contributed by atoms with van der Waals surface area (Å²) in [6.45, 7) is 4.57. The molecule has 1 aliphatic heterocycles. The first-order chi connectivity index (χ1) is 7.72. The van der Waals surface area contributed by atoms with Crippen molar-refractivity contribution in [3.05, 3.63) is 29.3 Å². The van der Waals surface area contributed by atoms with Crippen molar-refractivity contribution in [2.24, 2.45) is 5.92 Å². The molecule has 1 unspecified atom stereocenters. The van der Waals surface area contributed by atoms with Crippen LogP contribution in [-0.2, 0) is 13.1 Å². The van der Waals surface area contributed by atoms with Gasteiger partial charge in [-0.15, -0.1) is 0 Å². The average Bonchev–Trinajstić information content (AvgIpc) is 2.95. The fourth-order valence-electron chi connectivity index (χ4n) is 2.74. The number of nitrogens with two attached hydrogens (primary N) is 1. The molecule has 1 saturated carbocycles. The molecule has 0 saturated heterocycles. The van der Waals surface area contributed by atoms with Crippen LogP contribution in [-0.4, -0.2) is 10.9 Å². The highest BCUT2D eigenvalue weighted by atomic mass is 15.2. The summed E-state index contributed by atoms with van der Waals surface area (Å²) in [5.74, 6) is 1.02. The van der Waals surface area contributed by atoms with Gasteiger partial charge in [-0.2, -0.15) is 0 Å². The van der Waals surface area contributed by atoms with Gasteiger partial charge in [-0.1, -0.05) is 18.9 Å². The van der Waals surface area contributed by atoms with Crippen molar-refractivity contribution in [3.63, 3.8) is 0 Å². The molecule has 0 aromatic heterocycles. The quantitative estimate of drug-likeness (QED) is 0.787. The molecule has 0 bridgehead atoms. The van der Waals surface area contributed by atoms with Crippen molar-refractivity contribution < 1.29 is 0 Å². The van der Waals surface area contributed by atoms with Gasteiger partial charge in [0, 0.05) is 24.8 Å². The molecular weight excluding hydrogens is 196 g/mol. The fourth-order valence-corrected chi connectivity index (χ4v) is 2.74. The molecule has 2 aliphatic rings. The Morgan fingerprint density at radius 1 is 1.31 bits per heavy atom. The minimum absolute atomic E-state index is 0.723. The molecular formula is C14H20N2. The molecule has 0 spiro atoms. The maximum absolute atomic E-state index is 5.82. The van der Waals surface area contributed by atoms with Crippen molar-refractivity contribution in [3.8, 4) is 0 Å². The van der Waals surface area contributed by atoms with Gasteiger partial charge < -0.3 is 5.73 Å². The maximum Gasteiger partial charge on any atom is 0.0317 e. The van der Waals surface area contributed by atoms with Crippen LogP contribution >= 0.6 is 0 Å². The number of nitrogens with zero attached hydrogens (tertiary/aromatic N) is 1. The minimum atomic E-state index is 0.723. The Hall–Kier alpha value is -1.02. The lowest BCUT2D eigenvalue weighted by Gasteiger charge is -2.23. The monoisotopic (exact) mass is 216 g/mol. The molecule has 0 radical (unpaired) electrons. The van der Waals surface area contributed by atoms with Crippen LogP contribution in [0.3, 0.4) is 0 Å². The van der Waals surface area contributed by atoms with E-state index in [4.69, 9.17) is 5.73 Å². The van der Waals surface area contributed by atoms with Crippen molar-refractivity contribution in [1.82, 2.24) is 4.90 Å². The third-order valence-electron chi connectivity index (χ3n) is 3.97. The standard InChI is InChI=1S/C14H20N2/c1-10(6-11-2-3-11)16-8-12-4-5-14(15)7-13(12)9-16/h4-5,7,10-11H,2-3,6,8-9,15H2,1H3. The molecule has 2 nitrogen and oxygen atoms in total. The maximum atomic E-state index is 5.82. The second-order valence-corrected chi connectivity index (χ2v) is 5.46. The van der Waals surface area contributed by atoms with Crippen LogP contribution in [0.4, 0.5) is 5.69 Å². The Kier molecular flexibility index (Phi) is 2.40. The summed E-state index contributed by atoms with van der Waals surface area (Å²) in [5, 5.41) is 0. The molecule has 1 aromatic rings. The summed E-state index contributed by atoms with van der Waals surface area (Å²) in [6, 6.07) is 7.07. The molecule has 1 aliphatic carbocycles. The number of rotatable bonds is 3. The Morgan fingerprint density at radius 2 is 2.06 bits per heavy atom. The normalized spacial score (nSPS) is 22.1. The van der Waals surface area contributed by atoms with Crippen LogP contribution in [0, 0.1) is 5.92 Å². The molecule has 1 aromatic carbocycles. The molecule has 16 heavy (non-hydrogen) atoms. The zero-order valence-corrected chi connectivity index (χ0v) is 9.95. The summed E-state index contributed by atoms with van der Waals surface area (Å²) < 4.78 is 0. The lowest BCUT2D eigenvalue weighted by Crippen LogP contribution is -2.28. The van der Waals surface area contributed by atoms with Crippen LogP contribution < -0.4 is 5.73 Å². The van der Waals surface area contributed by atoms with E-state index in [2.05, 4.69) is 24.0 Å². The summed E-state index contributed by atoms with van der Waals surface area (Å²) in [6.07, 6.45) is 4.29. The van der Waals surface area contributed by atoms with E-state index in [1.165, 1.54) is 30.4 Å². The van der Waals surface area contributed by atoms with Gasteiger partial charge >= 0.3 is 0 Å².